The van der Waals surface area contributed by atoms with Gasteiger partial charge in [-0.05, 0) is 18.9 Å². The first kappa shape index (κ1) is 15.2. The van der Waals surface area contributed by atoms with Gasteiger partial charge in [-0.2, -0.15) is 4.98 Å². The van der Waals surface area contributed by atoms with Crippen molar-refractivity contribution in [1.82, 2.24) is 15.4 Å². The van der Waals surface area contributed by atoms with Gasteiger partial charge in [0.2, 0.25) is 11.8 Å². The highest BCUT2D eigenvalue weighted by molar-refractivity contribution is 5.29. The quantitative estimate of drug-likeness (QED) is 0.620. The van der Waals surface area contributed by atoms with Crippen LogP contribution in [0.1, 0.15) is 22.9 Å². The van der Waals surface area contributed by atoms with Gasteiger partial charge in [-0.25, -0.2) is 4.98 Å². The summed E-state index contributed by atoms with van der Waals surface area (Å²) in [5.41, 5.74) is 5.80. The van der Waals surface area contributed by atoms with Crippen molar-refractivity contribution in [1.29, 1.82) is 0 Å². The van der Waals surface area contributed by atoms with Crippen molar-refractivity contribution in [2.24, 2.45) is 5.84 Å². The first-order valence-electron chi connectivity index (χ1n) is 6.64. The molecular formula is C15H20N4O2. The number of hydrazine groups is 1. The van der Waals surface area contributed by atoms with Crippen LogP contribution in [0.15, 0.2) is 30.5 Å². The minimum Gasteiger partial charge on any atom is -0.480 e. The molecule has 3 N–H and O–H groups in total. The standard InChI is InChI=1S/C15H20N4O2/c1-10-4-6-11(7-5-10)8-12(19-16)14-15(21-3)18-13(20-2)9-17-14/h4-7,9,12,19H,8,16H2,1-3H3. The van der Waals surface area contributed by atoms with Crippen LogP contribution in [0.4, 0.5) is 0 Å². The van der Waals surface area contributed by atoms with Crippen molar-refractivity contribution in [2.75, 3.05) is 14.2 Å². The lowest BCUT2D eigenvalue weighted by molar-refractivity contribution is 0.349. The van der Waals surface area contributed by atoms with E-state index in [9.17, 15) is 0 Å². The Bertz CT molecular complexity index is 587. The highest BCUT2D eigenvalue weighted by Crippen LogP contribution is 2.25. The summed E-state index contributed by atoms with van der Waals surface area (Å²) in [6.45, 7) is 2.06. The van der Waals surface area contributed by atoms with Gasteiger partial charge in [-0.15, -0.1) is 0 Å². The number of aromatic nitrogens is 2. The molecular weight excluding hydrogens is 268 g/mol. The Labute approximate surface area is 124 Å². The number of nitrogens with zero attached hydrogens (tertiary/aromatic N) is 2. The zero-order chi connectivity index (χ0) is 15.2. The molecule has 0 spiro atoms. The third kappa shape index (κ3) is 3.68. The molecule has 0 radical (unpaired) electrons. The number of benzene rings is 1. The number of rotatable bonds is 6. The molecule has 1 aromatic heterocycles. The topological polar surface area (TPSA) is 82.3 Å². The maximum Gasteiger partial charge on any atom is 0.240 e. The van der Waals surface area contributed by atoms with Gasteiger partial charge in [0.05, 0.1) is 26.5 Å². The van der Waals surface area contributed by atoms with E-state index in [-0.39, 0.29) is 6.04 Å². The van der Waals surface area contributed by atoms with Crippen molar-refractivity contribution < 1.29 is 9.47 Å². The number of ether oxygens (including phenoxy) is 2. The Morgan fingerprint density at radius 2 is 1.90 bits per heavy atom. The first-order chi connectivity index (χ1) is 10.2. The van der Waals surface area contributed by atoms with Crippen molar-refractivity contribution >= 4 is 0 Å². The second kappa shape index (κ2) is 7.01. The minimum atomic E-state index is -0.193. The van der Waals surface area contributed by atoms with Crippen LogP contribution in [0.3, 0.4) is 0 Å². The van der Waals surface area contributed by atoms with E-state index in [0.717, 1.165) is 5.56 Å². The summed E-state index contributed by atoms with van der Waals surface area (Å²) >= 11 is 0. The number of methoxy groups -OCH3 is 2. The fourth-order valence-corrected chi connectivity index (χ4v) is 2.05. The molecule has 0 amide bonds. The number of hydrogen-bond acceptors (Lipinski definition) is 6. The van der Waals surface area contributed by atoms with Gasteiger partial charge in [0.25, 0.3) is 0 Å². The number of nitrogens with one attached hydrogen (secondary N) is 1. The van der Waals surface area contributed by atoms with E-state index in [2.05, 4.69) is 46.6 Å². The molecule has 112 valence electrons. The normalized spacial score (nSPS) is 12.0. The molecule has 1 unspecified atom stereocenters. The average Bonchev–Trinajstić information content (AvgIpc) is 2.53. The number of aryl methyl sites for hydroxylation is 1. The lowest BCUT2D eigenvalue weighted by Gasteiger charge is -2.17. The molecule has 0 aliphatic rings. The number of nitrogens with two attached hydrogens (primary N) is 1. The molecule has 0 fully saturated rings. The first-order valence-corrected chi connectivity index (χ1v) is 6.64. The summed E-state index contributed by atoms with van der Waals surface area (Å²) in [5, 5.41) is 0. The summed E-state index contributed by atoms with van der Waals surface area (Å²) in [4.78, 5) is 8.58. The van der Waals surface area contributed by atoms with E-state index < -0.39 is 0 Å². The Balaban J connectivity index is 2.26. The predicted octanol–water partition coefficient (Wildman–Crippen LogP) is 1.55. The Morgan fingerprint density at radius 3 is 2.48 bits per heavy atom. The molecule has 2 aromatic rings. The van der Waals surface area contributed by atoms with Gasteiger partial charge < -0.3 is 9.47 Å². The van der Waals surface area contributed by atoms with Crippen LogP contribution >= 0.6 is 0 Å². The molecule has 0 saturated heterocycles. The van der Waals surface area contributed by atoms with E-state index in [4.69, 9.17) is 15.3 Å². The molecule has 0 aliphatic carbocycles. The Kier molecular flexibility index (Phi) is 5.08. The van der Waals surface area contributed by atoms with Gasteiger partial charge in [-0.3, -0.25) is 11.3 Å². The third-order valence-corrected chi connectivity index (χ3v) is 3.24. The molecule has 1 aromatic carbocycles. The predicted molar refractivity (Wildman–Crippen MR) is 80.1 cm³/mol. The van der Waals surface area contributed by atoms with Crippen molar-refractivity contribution in [3.8, 4) is 11.8 Å². The smallest absolute Gasteiger partial charge is 0.240 e. The Morgan fingerprint density at radius 1 is 1.19 bits per heavy atom. The number of hydrogen-bond donors (Lipinski definition) is 2. The molecule has 6 nitrogen and oxygen atoms in total. The second-order valence-corrected chi connectivity index (χ2v) is 4.72. The molecule has 0 bridgehead atoms. The molecule has 2 rings (SSSR count). The summed E-state index contributed by atoms with van der Waals surface area (Å²) in [6.07, 6.45) is 2.24. The van der Waals surface area contributed by atoms with Gasteiger partial charge in [-0.1, -0.05) is 29.8 Å². The van der Waals surface area contributed by atoms with Crippen molar-refractivity contribution in [2.45, 2.75) is 19.4 Å². The van der Waals surface area contributed by atoms with E-state index in [1.54, 1.807) is 13.3 Å². The van der Waals surface area contributed by atoms with E-state index in [1.807, 2.05) is 0 Å². The van der Waals surface area contributed by atoms with E-state index >= 15 is 0 Å². The summed E-state index contributed by atoms with van der Waals surface area (Å²) in [6, 6.07) is 8.09. The van der Waals surface area contributed by atoms with Crippen LogP contribution in [0, 0.1) is 6.92 Å². The van der Waals surface area contributed by atoms with Gasteiger partial charge in [0.1, 0.15) is 5.69 Å². The van der Waals surface area contributed by atoms with Crippen LogP contribution in [0.5, 0.6) is 11.8 Å². The van der Waals surface area contributed by atoms with Gasteiger partial charge >= 0.3 is 0 Å². The second-order valence-electron chi connectivity index (χ2n) is 4.72. The van der Waals surface area contributed by atoms with Gasteiger partial charge in [0.15, 0.2) is 0 Å². The zero-order valence-corrected chi connectivity index (χ0v) is 12.5. The molecule has 0 saturated carbocycles. The summed E-state index contributed by atoms with van der Waals surface area (Å²) in [5.74, 6) is 6.48. The monoisotopic (exact) mass is 288 g/mol. The summed E-state index contributed by atoms with van der Waals surface area (Å²) < 4.78 is 10.3. The minimum absolute atomic E-state index is 0.193. The van der Waals surface area contributed by atoms with E-state index in [0.29, 0.717) is 23.9 Å². The molecule has 6 heteroatoms. The molecule has 0 aliphatic heterocycles. The largest absolute Gasteiger partial charge is 0.480 e. The highest BCUT2D eigenvalue weighted by atomic mass is 16.5. The summed E-state index contributed by atoms with van der Waals surface area (Å²) in [7, 11) is 3.08. The van der Waals surface area contributed by atoms with Crippen LogP contribution in [-0.4, -0.2) is 24.2 Å². The van der Waals surface area contributed by atoms with E-state index in [1.165, 1.54) is 12.7 Å². The maximum atomic E-state index is 5.67. The molecule has 1 atom stereocenters. The highest BCUT2D eigenvalue weighted by Gasteiger charge is 2.19. The maximum absolute atomic E-state index is 5.67. The average molecular weight is 288 g/mol. The van der Waals surface area contributed by atoms with Crippen LogP contribution in [0.25, 0.3) is 0 Å². The lowest BCUT2D eigenvalue weighted by Crippen LogP contribution is -2.30. The molecule has 21 heavy (non-hydrogen) atoms. The fraction of sp³-hybridized carbons (Fsp3) is 0.333. The van der Waals surface area contributed by atoms with Gasteiger partial charge in [0, 0.05) is 0 Å². The Hall–Kier alpha value is -2.18. The van der Waals surface area contributed by atoms with Crippen LogP contribution in [0.2, 0.25) is 0 Å². The third-order valence-electron chi connectivity index (χ3n) is 3.24. The SMILES string of the molecule is COc1cnc(C(Cc2ccc(C)cc2)NN)c(OC)n1. The van der Waals surface area contributed by atoms with Crippen molar-refractivity contribution in [3.05, 3.63) is 47.3 Å². The van der Waals surface area contributed by atoms with Crippen LogP contribution < -0.4 is 20.7 Å². The van der Waals surface area contributed by atoms with Crippen molar-refractivity contribution in [3.63, 3.8) is 0 Å². The van der Waals surface area contributed by atoms with Crippen LogP contribution in [-0.2, 0) is 6.42 Å². The lowest BCUT2D eigenvalue weighted by atomic mass is 10.0. The zero-order valence-electron chi connectivity index (χ0n) is 12.5. The fourth-order valence-electron chi connectivity index (χ4n) is 2.05. The molecule has 1 heterocycles.